The number of amides is 3. The molecule has 0 unspecified atom stereocenters. The molecule has 6 heteroatoms. The maximum Gasteiger partial charge on any atom is 0.315 e. The van der Waals surface area contributed by atoms with Gasteiger partial charge in [-0.25, -0.2) is 9.18 Å². The number of carbonyl (C=O) groups excluding carboxylic acids is 2. The van der Waals surface area contributed by atoms with Crippen LogP contribution >= 0.6 is 0 Å². The summed E-state index contributed by atoms with van der Waals surface area (Å²) in [6.45, 7) is 2.28. The summed E-state index contributed by atoms with van der Waals surface area (Å²) in [7, 11) is 0. The minimum absolute atomic E-state index is 0.101. The molecule has 1 aromatic rings. The zero-order valence-electron chi connectivity index (χ0n) is 15.5. The lowest BCUT2D eigenvalue weighted by Gasteiger charge is -2.22. The van der Waals surface area contributed by atoms with Crippen molar-refractivity contribution >= 4 is 11.9 Å². The number of benzene rings is 1. The summed E-state index contributed by atoms with van der Waals surface area (Å²) >= 11 is 0. The van der Waals surface area contributed by atoms with E-state index in [9.17, 15) is 14.0 Å². The average Bonchev–Trinajstić information content (AvgIpc) is 2.89. The molecule has 5 nitrogen and oxygen atoms in total. The van der Waals surface area contributed by atoms with Gasteiger partial charge in [0.25, 0.3) is 0 Å². The van der Waals surface area contributed by atoms with Crippen LogP contribution in [-0.2, 0) is 11.3 Å². The second-order valence-electron chi connectivity index (χ2n) is 6.99. The molecule has 144 valence electrons. The third-order valence-corrected chi connectivity index (χ3v) is 4.77. The van der Waals surface area contributed by atoms with Gasteiger partial charge in [-0.2, -0.15) is 0 Å². The number of rotatable bonds is 7. The first kappa shape index (κ1) is 20.2. The lowest BCUT2D eigenvalue weighted by atomic mass is 10.1. The molecule has 0 aliphatic heterocycles. The van der Waals surface area contributed by atoms with E-state index in [1.54, 1.807) is 12.1 Å². The van der Waals surface area contributed by atoms with E-state index >= 15 is 0 Å². The molecular formula is C20H30FN3O2. The minimum Gasteiger partial charge on any atom is -0.352 e. The van der Waals surface area contributed by atoms with E-state index in [2.05, 4.69) is 16.0 Å². The van der Waals surface area contributed by atoms with Crippen LogP contribution < -0.4 is 16.0 Å². The van der Waals surface area contributed by atoms with Crippen LogP contribution in [0, 0.1) is 5.82 Å². The van der Waals surface area contributed by atoms with Gasteiger partial charge in [0.2, 0.25) is 5.91 Å². The van der Waals surface area contributed by atoms with Gasteiger partial charge >= 0.3 is 6.03 Å². The van der Waals surface area contributed by atoms with E-state index in [-0.39, 0.29) is 30.3 Å². The molecule has 3 amide bonds. The van der Waals surface area contributed by atoms with E-state index in [4.69, 9.17) is 0 Å². The van der Waals surface area contributed by atoms with Crippen molar-refractivity contribution in [2.24, 2.45) is 0 Å². The molecule has 0 aromatic heterocycles. The fourth-order valence-corrected chi connectivity index (χ4v) is 3.28. The van der Waals surface area contributed by atoms with Gasteiger partial charge < -0.3 is 16.0 Å². The third kappa shape index (κ3) is 7.02. The zero-order valence-corrected chi connectivity index (χ0v) is 15.5. The highest BCUT2D eigenvalue weighted by molar-refractivity contribution is 5.87. The summed E-state index contributed by atoms with van der Waals surface area (Å²) in [4.78, 5) is 24.7. The highest BCUT2D eigenvalue weighted by Crippen LogP contribution is 2.17. The second kappa shape index (κ2) is 10.8. The summed E-state index contributed by atoms with van der Waals surface area (Å²) in [5, 5.41) is 8.60. The molecule has 1 saturated carbocycles. The van der Waals surface area contributed by atoms with Gasteiger partial charge in [-0.3, -0.25) is 4.79 Å². The quantitative estimate of drug-likeness (QED) is 0.648. The van der Waals surface area contributed by atoms with Crippen LogP contribution in [-0.4, -0.2) is 24.0 Å². The normalized spacial score (nSPS) is 16.4. The molecule has 0 radical (unpaired) electrons. The zero-order chi connectivity index (χ0) is 18.8. The van der Waals surface area contributed by atoms with Crippen molar-refractivity contribution in [3.05, 3.63) is 35.6 Å². The van der Waals surface area contributed by atoms with Gasteiger partial charge in [-0.05, 0) is 37.0 Å². The molecule has 26 heavy (non-hydrogen) atoms. The summed E-state index contributed by atoms with van der Waals surface area (Å²) < 4.78 is 12.9. The van der Waals surface area contributed by atoms with Crippen molar-refractivity contribution in [2.75, 3.05) is 0 Å². The van der Waals surface area contributed by atoms with Gasteiger partial charge in [-0.15, -0.1) is 0 Å². The number of urea groups is 1. The Morgan fingerprint density at radius 2 is 1.77 bits per heavy atom. The van der Waals surface area contributed by atoms with Crippen LogP contribution in [0.4, 0.5) is 9.18 Å². The number of hydrogen-bond acceptors (Lipinski definition) is 2. The second-order valence-corrected chi connectivity index (χ2v) is 6.99. The largest absolute Gasteiger partial charge is 0.352 e. The number of carbonyl (C=O) groups is 2. The van der Waals surface area contributed by atoms with Crippen molar-refractivity contribution in [3.63, 3.8) is 0 Å². The predicted octanol–water partition coefficient (Wildman–Crippen LogP) is 3.63. The Hall–Kier alpha value is -2.11. The van der Waals surface area contributed by atoms with Crippen molar-refractivity contribution in [3.8, 4) is 0 Å². The lowest BCUT2D eigenvalue weighted by molar-refractivity contribution is -0.123. The fourth-order valence-electron chi connectivity index (χ4n) is 3.28. The first-order valence-corrected chi connectivity index (χ1v) is 9.67. The van der Waals surface area contributed by atoms with Gasteiger partial charge in [0.15, 0.2) is 0 Å². The Morgan fingerprint density at radius 1 is 1.12 bits per heavy atom. The molecule has 3 N–H and O–H groups in total. The first-order valence-electron chi connectivity index (χ1n) is 9.67. The third-order valence-electron chi connectivity index (χ3n) is 4.77. The van der Waals surface area contributed by atoms with Crippen LogP contribution in [0.2, 0.25) is 0 Å². The predicted molar refractivity (Wildman–Crippen MR) is 100 cm³/mol. The molecule has 1 aliphatic carbocycles. The van der Waals surface area contributed by atoms with E-state index in [0.29, 0.717) is 6.42 Å². The Morgan fingerprint density at radius 3 is 2.38 bits per heavy atom. The van der Waals surface area contributed by atoms with Gasteiger partial charge in [0.1, 0.15) is 11.9 Å². The molecule has 0 saturated heterocycles. The van der Waals surface area contributed by atoms with Crippen molar-refractivity contribution in [1.82, 2.24) is 16.0 Å². The highest BCUT2D eigenvalue weighted by Gasteiger charge is 2.23. The molecule has 1 fully saturated rings. The topological polar surface area (TPSA) is 70.2 Å². The van der Waals surface area contributed by atoms with E-state index in [1.165, 1.54) is 25.0 Å². The van der Waals surface area contributed by atoms with Crippen LogP contribution in [0.25, 0.3) is 0 Å². The average molecular weight is 363 g/mol. The summed E-state index contributed by atoms with van der Waals surface area (Å²) in [6.07, 6.45) is 8.19. The molecule has 0 spiro atoms. The maximum absolute atomic E-state index is 12.9. The Bertz CT molecular complexity index is 569. The monoisotopic (exact) mass is 363 g/mol. The minimum atomic E-state index is -0.531. The van der Waals surface area contributed by atoms with Crippen LogP contribution in [0.3, 0.4) is 0 Å². The lowest BCUT2D eigenvalue weighted by Crippen LogP contribution is -2.51. The van der Waals surface area contributed by atoms with Gasteiger partial charge in [0, 0.05) is 12.6 Å². The fraction of sp³-hybridized carbons (Fsp3) is 0.600. The Labute approximate surface area is 155 Å². The molecule has 1 aromatic carbocycles. The molecule has 2 rings (SSSR count). The van der Waals surface area contributed by atoms with E-state index < -0.39 is 6.04 Å². The summed E-state index contributed by atoms with van der Waals surface area (Å²) in [5.41, 5.74) is 0.802. The first-order chi connectivity index (χ1) is 12.6. The number of hydrogen-bond donors (Lipinski definition) is 3. The molecule has 0 bridgehead atoms. The van der Waals surface area contributed by atoms with Crippen LogP contribution in [0.1, 0.15) is 63.9 Å². The summed E-state index contributed by atoms with van der Waals surface area (Å²) in [5.74, 6) is -0.410. The SMILES string of the molecule is CCC[C@@H](NC(=O)NCc1ccc(F)cc1)C(=O)NC1CCCCCC1. The maximum atomic E-state index is 12.9. The van der Waals surface area contributed by atoms with Crippen molar-refractivity contribution in [2.45, 2.75) is 76.9 Å². The van der Waals surface area contributed by atoms with Crippen molar-refractivity contribution < 1.29 is 14.0 Å². The Balaban J connectivity index is 1.81. The van der Waals surface area contributed by atoms with Gasteiger partial charge in [-0.1, -0.05) is 51.2 Å². The van der Waals surface area contributed by atoms with E-state index in [1.807, 2.05) is 6.92 Å². The molecule has 1 aliphatic rings. The molecule has 0 heterocycles. The standard InChI is InChI=1S/C20H30FN3O2/c1-2-7-18(19(25)23-17-8-5-3-4-6-9-17)24-20(26)22-14-15-10-12-16(21)13-11-15/h10-13,17-18H,2-9,14H2,1H3,(H,23,25)(H2,22,24,26)/t18-/m1/s1. The number of halogens is 1. The van der Waals surface area contributed by atoms with Crippen LogP contribution in [0.5, 0.6) is 0 Å². The molecular weight excluding hydrogens is 333 g/mol. The highest BCUT2D eigenvalue weighted by atomic mass is 19.1. The molecule has 1 atom stereocenters. The smallest absolute Gasteiger partial charge is 0.315 e. The Kier molecular flexibility index (Phi) is 8.38. The van der Waals surface area contributed by atoms with Crippen molar-refractivity contribution in [1.29, 1.82) is 0 Å². The van der Waals surface area contributed by atoms with Crippen LogP contribution in [0.15, 0.2) is 24.3 Å². The van der Waals surface area contributed by atoms with E-state index in [0.717, 1.165) is 37.7 Å². The van der Waals surface area contributed by atoms with Gasteiger partial charge in [0.05, 0.1) is 0 Å². The number of nitrogens with one attached hydrogen (secondary N) is 3. The summed E-state index contributed by atoms with van der Waals surface area (Å²) in [6, 6.07) is 5.26.